The van der Waals surface area contributed by atoms with Gasteiger partial charge in [-0.3, -0.25) is 19.2 Å². The lowest BCUT2D eigenvalue weighted by Gasteiger charge is -2.22. The molecule has 26 heavy (non-hydrogen) atoms. The van der Waals surface area contributed by atoms with Crippen LogP contribution in [0.4, 0.5) is 5.69 Å². The van der Waals surface area contributed by atoms with Gasteiger partial charge in [-0.15, -0.1) is 0 Å². The molecule has 0 bridgehead atoms. The van der Waals surface area contributed by atoms with Crippen molar-refractivity contribution in [1.29, 1.82) is 0 Å². The van der Waals surface area contributed by atoms with E-state index in [-0.39, 0.29) is 5.91 Å². The number of para-hydroxylation sites is 1. The predicted octanol–water partition coefficient (Wildman–Crippen LogP) is 1.99. The normalized spacial score (nSPS) is 15.7. The van der Waals surface area contributed by atoms with E-state index in [4.69, 9.17) is 5.73 Å². The van der Waals surface area contributed by atoms with E-state index in [1.54, 1.807) is 10.9 Å². The van der Waals surface area contributed by atoms with E-state index in [1.807, 2.05) is 54.6 Å². The maximum absolute atomic E-state index is 13.1. The summed E-state index contributed by atoms with van der Waals surface area (Å²) in [6.07, 6.45) is 3.67. The van der Waals surface area contributed by atoms with E-state index < -0.39 is 11.9 Å². The van der Waals surface area contributed by atoms with Gasteiger partial charge in [0.05, 0.1) is 18.3 Å². The molecule has 0 fully saturated rings. The third kappa shape index (κ3) is 2.86. The fraction of sp³-hybridized carbons (Fsp3) is 0.150. The molecule has 0 spiro atoms. The summed E-state index contributed by atoms with van der Waals surface area (Å²) in [5, 5.41) is 4.28. The summed E-state index contributed by atoms with van der Waals surface area (Å²) in [5.74, 6) is -0.774. The molecule has 0 saturated carbocycles. The highest BCUT2D eigenvalue weighted by atomic mass is 16.2. The van der Waals surface area contributed by atoms with Gasteiger partial charge in [0.2, 0.25) is 5.91 Å². The molecule has 1 aromatic heterocycles. The molecule has 2 amide bonds. The van der Waals surface area contributed by atoms with Crippen molar-refractivity contribution in [1.82, 2.24) is 9.78 Å². The number of hydrogen-bond donors (Lipinski definition) is 1. The van der Waals surface area contributed by atoms with Crippen LogP contribution in [0.1, 0.15) is 21.5 Å². The fourth-order valence-electron chi connectivity index (χ4n) is 3.33. The maximum atomic E-state index is 13.1. The summed E-state index contributed by atoms with van der Waals surface area (Å²) >= 11 is 0. The van der Waals surface area contributed by atoms with Gasteiger partial charge in [-0.05, 0) is 17.2 Å². The van der Waals surface area contributed by atoms with Crippen LogP contribution in [0.2, 0.25) is 0 Å². The molecule has 0 saturated heterocycles. The average Bonchev–Trinajstić information content (AvgIpc) is 3.26. The molecule has 3 aromatic rings. The summed E-state index contributed by atoms with van der Waals surface area (Å²) < 4.78 is 1.71. The molecule has 2 N–H and O–H groups in total. The molecule has 0 aliphatic carbocycles. The second-order valence-electron chi connectivity index (χ2n) is 6.34. The van der Waals surface area contributed by atoms with Crippen LogP contribution in [0, 0.1) is 0 Å². The Kier molecular flexibility index (Phi) is 4.01. The summed E-state index contributed by atoms with van der Waals surface area (Å²) in [6, 6.07) is 16.7. The second kappa shape index (κ2) is 6.48. The lowest BCUT2D eigenvalue weighted by molar-refractivity contribution is -0.119. The fourth-order valence-corrected chi connectivity index (χ4v) is 3.33. The Morgan fingerprint density at radius 1 is 1.08 bits per heavy atom. The van der Waals surface area contributed by atoms with Gasteiger partial charge in [-0.25, -0.2) is 0 Å². The monoisotopic (exact) mass is 346 g/mol. The highest BCUT2D eigenvalue weighted by Gasteiger charge is 2.37. The average molecular weight is 346 g/mol. The van der Waals surface area contributed by atoms with E-state index >= 15 is 0 Å². The van der Waals surface area contributed by atoms with Crippen molar-refractivity contribution in [3.05, 3.63) is 83.7 Å². The molecule has 1 aliphatic rings. The Bertz CT molecular complexity index is 965. The van der Waals surface area contributed by atoms with Crippen molar-refractivity contribution < 1.29 is 9.59 Å². The van der Waals surface area contributed by atoms with Crippen molar-refractivity contribution >= 4 is 17.5 Å². The Hall–Kier alpha value is -3.41. The van der Waals surface area contributed by atoms with Gasteiger partial charge >= 0.3 is 0 Å². The minimum atomic E-state index is -0.669. The van der Waals surface area contributed by atoms with Gasteiger partial charge in [0.25, 0.3) is 5.91 Å². The first kappa shape index (κ1) is 16.1. The Morgan fingerprint density at radius 2 is 1.81 bits per heavy atom. The number of benzene rings is 2. The molecule has 2 heterocycles. The van der Waals surface area contributed by atoms with Crippen LogP contribution in [0.15, 0.2) is 67.0 Å². The summed E-state index contributed by atoms with van der Waals surface area (Å²) in [5.41, 5.74) is 8.74. The van der Waals surface area contributed by atoms with Gasteiger partial charge in [-0.1, -0.05) is 48.5 Å². The third-order valence-corrected chi connectivity index (χ3v) is 4.59. The minimum Gasteiger partial charge on any atom is -0.368 e. The van der Waals surface area contributed by atoms with Gasteiger partial charge in [-0.2, -0.15) is 5.10 Å². The minimum absolute atomic E-state index is 0.266. The maximum Gasteiger partial charge on any atom is 0.262 e. The molecular weight excluding hydrogens is 328 g/mol. The molecule has 6 nitrogen and oxygen atoms in total. The Labute approximate surface area is 150 Å². The van der Waals surface area contributed by atoms with E-state index in [9.17, 15) is 9.59 Å². The number of primary amides is 1. The molecular formula is C20H18N4O2. The number of nitrogens with two attached hydrogens (primary N) is 1. The van der Waals surface area contributed by atoms with Crippen molar-refractivity contribution in [3.8, 4) is 0 Å². The van der Waals surface area contributed by atoms with E-state index in [0.717, 1.165) is 16.8 Å². The van der Waals surface area contributed by atoms with E-state index in [2.05, 4.69) is 5.10 Å². The number of aromatic nitrogens is 2. The molecule has 1 aliphatic heterocycles. The summed E-state index contributed by atoms with van der Waals surface area (Å²) in [7, 11) is 0. The van der Waals surface area contributed by atoms with Gasteiger partial charge < -0.3 is 5.73 Å². The lowest BCUT2D eigenvalue weighted by atomic mass is 10.1. The number of hydrogen-bond acceptors (Lipinski definition) is 3. The smallest absolute Gasteiger partial charge is 0.262 e. The van der Waals surface area contributed by atoms with Crippen LogP contribution >= 0.6 is 0 Å². The van der Waals surface area contributed by atoms with Crippen LogP contribution in [-0.2, 0) is 17.8 Å². The lowest BCUT2D eigenvalue weighted by Crippen LogP contribution is -2.46. The SMILES string of the molecule is NC(=O)[C@@H]1Cc2ccccc2N1C(=O)c1cnn(Cc2ccccc2)c1. The molecule has 4 rings (SSSR count). The Balaban J connectivity index is 1.62. The van der Waals surface area contributed by atoms with Crippen LogP contribution in [0.25, 0.3) is 0 Å². The third-order valence-electron chi connectivity index (χ3n) is 4.59. The predicted molar refractivity (Wildman–Crippen MR) is 97.7 cm³/mol. The first-order valence-electron chi connectivity index (χ1n) is 8.40. The first-order chi connectivity index (χ1) is 12.6. The first-order valence-corrected chi connectivity index (χ1v) is 8.40. The molecule has 2 aromatic carbocycles. The number of carbonyl (C=O) groups is 2. The number of fused-ring (bicyclic) bond motifs is 1. The van der Waals surface area contributed by atoms with Crippen LogP contribution in [0.5, 0.6) is 0 Å². The van der Waals surface area contributed by atoms with E-state index in [0.29, 0.717) is 18.5 Å². The zero-order valence-corrected chi connectivity index (χ0v) is 14.1. The number of rotatable bonds is 4. The molecule has 130 valence electrons. The van der Waals surface area contributed by atoms with Crippen molar-refractivity contribution in [2.24, 2.45) is 5.73 Å². The topological polar surface area (TPSA) is 81.2 Å². The highest BCUT2D eigenvalue weighted by molar-refractivity contribution is 6.11. The Morgan fingerprint density at radius 3 is 2.58 bits per heavy atom. The molecule has 0 radical (unpaired) electrons. The van der Waals surface area contributed by atoms with Crippen LogP contribution in [0.3, 0.4) is 0 Å². The molecule has 6 heteroatoms. The molecule has 0 unspecified atom stereocenters. The zero-order chi connectivity index (χ0) is 18.1. The molecule has 1 atom stereocenters. The quantitative estimate of drug-likeness (QED) is 0.784. The summed E-state index contributed by atoms with van der Waals surface area (Å²) in [6.45, 7) is 0.573. The number of anilines is 1. The van der Waals surface area contributed by atoms with E-state index in [1.165, 1.54) is 11.1 Å². The van der Waals surface area contributed by atoms with Crippen LogP contribution < -0.4 is 10.6 Å². The van der Waals surface area contributed by atoms with Gasteiger partial charge in [0, 0.05) is 18.3 Å². The zero-order valence-electron chi connectivity index (χ0n) is 14.1. The number of amides is 2. The van der Waals surface area contributed by atoms with Crippen LogP contribution in [-0.4, -0.2) is 27.6 Å². The summed E-state index contributed by atoms with van der Waals surface area (Å²) in [4.78, 5) is 26.4. The van der Waals surface area contributed by atoms with Crippen molar-refractivity contribution in [2.45, 2.75) is 19.0 Å². The van der Waals surface area contributed by atoms with Gasteiger partial charge in [0.15, 0.2) is 0 Å². The largest absolute Gasteiger partial charge is 0.368 e. The number of carbonyl (C=O) groups excluding carboxylic acids is 2. The number of nitrogens with zero attached hydrogens (tertiary/aromatic N) is 3. The standard InChI is InChI=1S/C20H18N4O2/c21-19(25)18-10-15-8-4-5-9-17(15)24(18)20(26)16-11-22-23(13-16)12-14-6-2-1-3-7-14/h1-9,11,13,18H,10,12H2,(H2,21,25)/t18-/m0/s1. The second-order valence-corrected chi connectivity index (χ2v) is 6.34. The highest BCUT2D eigenvalue weighted by Crippen LogP contribution is 2.33. The van der Waals surface area contributed by atoms with Crippen molar-refractivity contribution in [3.63, 3.8) is 0 Å². The van der Waals surface area contributed by atoms with Gasteiger partial charge in [0.1, 0.15) is 6.04 Å². The van der Waals surface area contributed by atoms with Crippen molar-refractivity contribution in [2.75, 3.05) is 4.90 Å².